The molecule has 2 aromatic carbocycles. The highest BCUT2D eigenvalue weighted by Crippen LogP contribution is 2.17. The van der Waals surface area contributed by atoms with Gasteiger partial charge in [-0.2, -0.15) is 0 Å². The molecule has 1 amide bonds. The van der Waals surface area contributed by atoms with Crippen LogP contribution in [0, 0.1) is 5.82 Å². The summed E-state index contributed by atoms with van der Waals surface area (Å²) in [5.41, 5.74) is 2.25. The van der Waals surface area contributed by atoms with Crippen molar-refractivity contribution in [1.29, 1.82) is 0 Å². The van der Waals surface area contributed by atoms with Gasteiger partial charge in [0.1, 0.15) is 5.82 Å². The van der Waals surface area contributed by atoms with E-state index in [2.05, 4.69) is 25.3 Å². The number of nitrogens with zero attached hydrogens (tertiary/aromatic N) is 2. The van der Waals surface area contributed by atoms with Crippen LogP contribution in [0.4, 0.5) is 4.39 Å². The van der Waals surface area contributed by atoms with Crippen molar-refractivity contribution in [3.05, 3.63) is 83.7 Å². The first kappa shape index (κ1) is 21.2. The average Bonchev–Trinajstić information content (AvgIpc) is 2.68. The van der Waals surface area contributed by atoms with Crippen molar-refractivity contribution < 1.29 is 13.9 Å². The Bertz CT molecular complexity index is 827. The van der Waals surface area contributed by atoms with Crippen LogP contribution in [0.5, 0.6) is 0 Å². The topological polar surface area (TPSA) is 32.8 Å². The minimum atomic E-state index is -0.307. The van der Waals surface area contributed by atoms with Gasteiger partial charge in [0, 0.05) is 43.9 Å². The zero-order chi connectivity index (χ0) is 20.8. The van der Waals surface area contributed by atoms with Crippen molar-refractivity contribution in [2.75, 3.05) is 19.6 Å². The number of carbonyl (C=O) groups excluding carboxylic acids is 1. The zero-order valence-electron chi connectivity index (χ0n) is 17.2. The smallest absolute Gasteiger partial charge is 0.254 e. The standard InChI is InChI=1S/C24H29FN2O2/c1-4-13-27(17-22-7-5-6-8-23(22)25)24(28)21-11-9-20(10-12-21)16-26-14-18(2)29-19(3)15-26/h4-12,18-19H,1,13-17H2,2-3H3. The second-order valence-corrected chi connectivity index (χ2v) is 7.71. The summed E-state index contributed by atoms with van der Waals surface area (Å²) in [4.78, 5) is 16.9. The molecule has 1 fully saturated rings. The Hall–Kier alpha value is -2.50. The first-order chi connectivity index (χ1) is 14.0. The molecule has 2 aromatic rings. The molecule has 0 aromatic heterocycles. The summed E-state index contributed by atoms with van der Waals surface area (Å²) in [5.74, 6) is -0.438. The number of amides is 1. The highest BCUT2D eigenvalue weighted by molar-refractivity contribution is 5.94. The molecule has 154 valence electrons. The first-order valence-electron chi connectivity index (χ1n) is 10.1. The van der Waals surface area contributed by atoms with Crippen LogP contribution in [0.25, 0.3) is 0 Å². The summed E-state index contributed by atoms with van der Waals surface area (Å²) in [6.07, 6.45) is 2.12. The van der Waals surface area contributed by atoms with Crippen LogP contribution in [0.3, 0.4) is 0 Å². The second-order valence-electron chi connectivity index (χ2n) is 7.71. The number of carbonyl (C=O) groups is 1. The fraction of sp³-hybridized carbons (Fsp3) is 0.375. The lowest BCUT2D eigenvalue weighted by Crippen LogP contribution is -2.44. The predicted molar refractivity (Wildman–Crippen MR) is 113 cm³/mol. The maximum absolute atomic E-state index is 14.0. The minimum absolute atomic E-state index is 0.131. The fourth-order valence-electron chi connectivity index (χ4n) is 3.81. The van der Waals surface area contributed by atoms with Crippen LogP contribution in [0.1, 0.15) is 35.3 Å². The second kappa shape index (κ2) is 9.81. The van der Waals surface area contributed by atoms with E-state index in [-0.39, 0.29) is 30.5 Å². The van der Waals surface area contributed by atoms with Gasteiger partial charge in [0.05, 0.1) is 12.2 Å². The van der Waals surface area contributed by atoms with Gasteiger partial charge in [-0.25, -0.2) is 4.39 Å². The van der Waals surface area contributed by atoms with Gasteiger partial charge >= 0.3 is 0 Å². The Balaban J connectivity index is 1.67. The van der Waals surface area contributed by atoms with Gasteiger partial charge in [0.15, 0.2) is 0 Å². The lowest BCUT2D eigenvalue weighted by Gasteiger charge is -2.35. The summed E-state index contributed by atoms with van der Waals surface area (Å²) in [6.45, 7) is 11.1. The van der Waals surface area contributed by atoms with E-state index in [1.165, 1.54) is 6.07 Å². The van der Waals surface area contributed by atoms with E-state index in [4.69, 9.17) is 4.74 Å². The predicted octanol–water partition coefficient (Wildman–Crippen LogP) is 4.26. The normalized spacial score (nSPS) is 19.7. The Labute approximate surface area is 172 Å². The largest absolute Gasteiger partial charge is 0.373 e. The average molecular weight is 397 g/mol. The van der Waals surface area contributed by atoms with E-state index in [0.717, 1.165) is 25.2 Å². The zero-order valence-corrected chi connectivity index (χ0v) is 17.2. The van der Waals surface area contributed by atoms with Crippen LogP contribution < -0.4 is 0 Å². The molecule has 0 radical (unpaired) electrons. The molecule has 0 bridgehead atoms. The molecule has 1 saturated heterocycles. The molecule has 29 heavy (non-hydrogen) atoms. The summed E-state index contributed by atoms with van der Waals surface area (Å²) in [7, 11) is 0. The lowest BCUT2D eigenvalue weighted by atomic mass is 10.1. The molecule has 0 aliphatic carbocycles. The van der Waals surface area contributed by atoms with Crippen LogP contribution in [-0.4, -0.2) is 47.5 Å². The Kier molecular flexibility index (Phi) is 7.18. The molecule has 4 nitrogen and oxygen atoms in total. The van der Waals surface area contributed by atoms with Crippen LogP contribution >= 0.6 is 0 Å². The third kappa shape index (κ3) is 5.75. The maximum atomic E-state index is 14.0. The molecule has 3 rings (SSSR count). The number of hydrogen-bond acceptors (Lipinski definition) is 3. The van der Waals surface area contributed by atoms with Crippen molar-refractivity contribution in [3.63, 3.8) is 0 Å². The quantitative estimate of drug-likeness (QED) is 0.656. The number of benzene rings is 2. The molecule has 0 N–H and O–H groups in total. The number of halogens is 1. The highest BCUT2D eigenvalue weighted by Gasteiger charge is 2.22. The van der Waals surface area contributed by atoms with Gasteiger partial charge < -0.3 is 9.64 Å². The first-order valence-corrected chi connectivity index (χ1v) is 10.1. The SMILES string of the molecule is C=CCN(Cc1ccccc1F)C(=O)c1ccc(CN2CC(C)OC(C)C2)cc1. The number of hydrogen-bond donors (Lipinski definition) is 0. The molecule has 0 saturated carbocycles. The molecule has 1 heterocycles. The van der Waals surface area contributed by atoms with Crippen molar-refractivity contribution in [2.45, 2.75) is 39.1 Å². The van der Waals surface area contributed by atoms with E-state index in [1.54, 1.807) is 29.2 Å². The molecular weight excluding hydrogens is 367 g/mol. The van der Waals surface area contributed by atoms with E-state index < -0.39 is 0 Å². The van der Waals surface area contributed by atoms with Gasteiger partial charge in [0.2, 0.25) is 0 Å². The Morgan fingerprint density at radius 1 is 1.17 bits per heavy atom. The van der Waals surface area contributed by atoms with Crippen molar-refractivity contribution in [2.24, 2.45) is 0 Å². The van der Waals surface area contributed by atoms with Gasteiger partial charge in [-0.1, -0.05) is 36.4 Å². The van der Waals surface area contributed by atoms with E-state index in [1.807, 2.05) is 24.3 Å². The number of rotatable bonds is 7. The third-order valence-electron chi connectivity index (χ3n) is 5.06. The molecular formula is C24H29FN2O2. The molecule has 2 unspecified atom stereocenters. The summed E-state index contributed by atoms with van der Waals surface area (Å²) < 4.78 is 19.8. The number of ether oxygens (including phenoxy) is 1. The molecule has 1 aliphatic rings. The maximum Gasteiger partial charge on any atom is 0.254 e. The third-order valence-corrected chi connectivity index (χ3v) is 5.06. The lowest BCUT2D eigenvalue weighted by molar-refractivity contribution is -0.0704. The van der Waals surface area contributed by atoms with Crippen LogP contribution in [0.2, 0.25) is 0 Å². The van der Waals surface area contributed by atoms with Crippen molar-refractivity contribution in [1.82, 2.24) is 9.80 Å². The molecule has 5 heteroatoms. The van der Waals surface area contributed by atoms with Crippen molar-refractivity contribution in [3.8, 4) is 0 Å². The summed E-state index contributed by atoms with van der Waals surface area (Å²) >= 11 is 0. The van der Waals surface area contributed by atoms with Crippen LogP contribution in [-0.2, 0) is 17.8 Å². The van der Waals surface area contributed by atoms with Gasteiger partial charge in [-0.05, 0) is 37.6 Å². The van der Waals surface area contributed by atoms with Gasteiger partial charge in [0.25, 0.3) is 5.91 Å². The Morgan fingerprint density at radius 2 is 1.83 bits per heavy atom. The molecule has 1 aliphatic heterocycles. The minimum Gasteiger partial charge on any atom is -0.373 e. The van der Waals surface area contributed by atoms with E-state index >= 15 is 0 Å². The molecule has 0 spiro atoms. The van der Waals surface area contributed by atoms with E-state index in [0.29, 0.717) is 17.7 Å². The molecule has 2 atom stereocenters. The number of morpholine rings is 1. The van der Waals surface area contributed by atoms with Gasteiger partial charge in [-0.15, -0.1) is 6.58 Å². The highest BCUT2D eigenvalue weighted by atomic mass is 19.1. The summed E-state index contributed by atoms with van der Waals surface area (Å²) in [5, 5.41) is 0. The van der Waals surface area contributed by atoms with Crippen molar-refractivity contribution >= 4 is 5.91 Å². The van der Waals surface area contributed by atoms with E-state index in [9.17, 15) is 9.18 Å². The van der Waals surface area contributed by atoms with Gasteiger partial charge in [-0.3, -0.25) is 9.69 Å². The summed E-state index contributed by atoms with van der Waals surface area (Å²) in [6, 6.07) is 14.2. The fourth-order valence-corrected chi connectivity index (χ4v) is 3.81. The monoisotopic (exact) mass is 396 g/mol. The Morgan fingerprint density at radius 3 is 2.45 bits per heavy atom. The van der Waals surface area contributed by atoms with Crippen LogP contribution in [0.15, 0.2) is 61.2 Å².